The maximum atomic E-state index is 12.6. The molecule has 4 nitrogen and oxygen atoms in total. The lowest BCUT2D eigenvalue weighted by molar-refractivity contribution is -0.107. The van der Waals surface area contributed by atoms with Gasteiger partial charge in [-0.2, -0.15) is 0 Å². The quantitative estimate of drug-likeness (QED) is 0.608. The van der Waals surface area contributed by atoms with Gasteiger partial charge in [-0.1, -0.05) is 72.8 Å². The minimum atomic E-state index is -0.323. The van der Waals surface area contributed by atoms with Gasteiger partial charge in [0.2, 0.25) is 0 Å². The fraction of sp³-hybridized carbons (Fsp3) is 0.167. The van der Waals surface area contributed by atoms with E-state index in [0.29, 0.717) is 19.5 Å². The van der Waals surface area contributed by atoms with Crippen molar-refractivity contribution in [2.24, 2.45) is 0 Å². The van der Waals surface area contributed by atoms with Crippen molar-refractivity contribution >= 4 is 12.4 Å². The maximum Gasteiger partial charge on any atom is 0.410 e. The van der Waals surface area contributed by atoms with E-state index in [1.807, 2.05) is 54.6 Å². The highest BCUT2D eigenvalue weighted by Gasteiger charge is 2.27. The van der Waals surface area contributed by atoms with Crippen LogP contribution in [0.1, 0.15) is 22.3 Å². The SMILES string of the molecule is O=CCc1cc2c(c(-c3ccccc3)c1)CN(C(=O)OCc1ccccc1)C2. The van der Waals surface area contributed by atoms with Crippen LogP contribution in [0.15, 0.2) is 72.8 Å². The van der Waals surface area contributed by atoms with Crippen LogP contribution in [-0.4, -0.2) is 17.3 Å². The Morgan fingerprint density at radius 2 is 1.64 bits per heavy atom. The number of carbonyl (C=O) groups excluding carboxylic acids is 2. The van der Waals surface area contributed by atoms with Gasteiger partial charge in [0.1, 0.15) is 12.9 Å². The van der Waals surface area contributed by atoms with Gasteiger partial charge < -0.3 is 9.53 Å². The average Bonchev–Trinajstić information content (AvgIpc) is 3.17. The van der Waals surface area contributed by atoms with Crippen LogP contribution in [0.3, 0.4) is 0 Å². The van der Waals surface area contributed by atoms with E-state index >= 15 is 0 Å². The molecular formula is C24H21NO3. The lowest BCUT2D eigenvalue weighted by Crippen LogP contribution is -2.26. The lowest BCUT2D eigenvalue weighted by Gasteiger charge is -2.15. The van der Waals surface area contributed by atoms with Crippen LogP contribution >= 0.6 is 0 Å². The number of aldehydes is 1. The molecule has 1 heterocycles. The van der Waals surface area contributed by atoms with Crippen molar-refractivity contribution < 1.29 is 14.3 Å². The first-order chi connectivity index (χ1) is 13.7. The van der Waals surface area contributed by atoms with Crippen LogP contribution in [-0.2, 0) is 35.6 Å². The summed E-state index contributed by atoms with van der Waals surface area (Å²) < 4.78 is 5.50. The molecule has 28 heavy (non-hydrogen) atoms. The van der Waals surface area contributed by atoms with E-state index < -0.39 is 0 Å². The number of hydrogen-bond acceptors (Lipinski definition) is 3. The van der Waals surface area contributed by atoms with Crippen LogP contribution in [0.5, 0.6) is 0 Å². The van der Waals surface area contributed by atoms with E-state index in [1.54, 1.807) is 4.90 Å². The van der Waals surface area contributed by atoms with Gasteiger partial charge in [-0.15, -0.1) is 0 Å². The molecule has 1 aliphatic rings. The van der Waals surface area contributed by atoms with Crippen molar-refractivity contribution in [2.45, 2.75) is 26.1 Å². The standard InChI is InChI=1S/C24H21NO3/c26-12-11-19-13-21-15-25(24(27)28-17-18-7-3-1-4-8-18)16-23(21)22(14-19)20-9-5-2-6-10-20/h1-10,12-14H,11,15-17H2. The highest BCUT2D eigenvalue weighted by Crippen LogP contribution is 2.34. The van der Waals surface area contributed by atoms with Gasteiger partial charge >= 0.3 is 6.09 Å². The molecule has 0 bridgehead atoms. The number of ether oxygens (including phenoxy) is 1. The topological polar surface area (TPSA) is 46.6 Å². The third kappa shape index (κ3) is 3.81. The zero-order valence-electron chi connectivity index (χ0n) is 15.5. The average molecular weight is 371 g/mol. The third-order valence-corrected chi connectivity index (χ3v) is 4.98. The van der Waals surface area contributed by atoms with E-state index in [1.165, 1.54) is 0 Å². The number of fused-ring (bicyclic) bond motifs is 1. The molecule has 1 amide bonds. The van der Waals surface area contributed by atoms with Crippen molar-refractivity contribution in [1.29, 1.82) is 0 Å². The second kappa shape index (κ2) is 8.09. The first-order valence-electron chi connectivity index (χ1n) is 9.34. The van der Waals surface area contributed by atoms with Gasteiger partial charge in [-0.3, -0.25) is 4.90 Å². The molecule has 3 aromatic rings. The van der Waals surface area contributed by atoms with Gasteiger partial charge in [0.15, 0.2) is 0 Å². The number of benzene rings is 3. The fourth-order valence-corrected chi connectivity index (χ4v) is 3.61. The van der Waals surface area contributed by atoms with Crippen LogP contribution < -0.4 is 0 Å². The molecule has 140 valence electrons. The summed E-state index contributed by atoms with van der Waals surface area (Å²) in [5, 5.41) is 0. The number of rotatable bonds is 5. The zero-order chi connectivity index (χ0) is 19.3. The third-order valence-electron chi connectivity index (χ3n) is 4.98. The number of nitrogens with zero attached hydrogens (tertiary/aromatic N) is 1. The zero-order valence-corrected chi connectivity index (χ0v) is 15.5. The van der Waals surface area contributed by atoms with Gasteiger partial charge in [0.05, 0.1) is 6.54 Å². The van der Waals surface area contributed by atoms with Crippen LogP contribution in [0.4, 0.5) is 4.79 Å². The molecule has 0 atom stereocenters. The lowest BCUT2D eigenvalue weighted by atomic mass is 9.93. The molecule has 0 fully saturated rings. The Bertz CT molecular complexity index is 983. The normalized spacial score (nSPS) is 12.5. The monoisotopic (exact) mass is 371 g/mol. The fourth-order valence-electron chi connectivity index (χ4n) is 3.61. The second-order valence-electron chi connectivity index (χ2n) is 6.91. The number of carbonyl (C=O) groups is 2. The molecule has 0 unspecified atom stereocenters. The van der Waals surface area contributed by atoms with E-state index in [0.717, 1.165) is 39.7 Å². The first-order valence-corrected chi connectivity index (χ1v) is 9.34. The van der Waals surface area contributed by atoms with Crippen molar-refractivity contribution in [3.05, 3.63) is 95.1 Å². The van der Waals surface area contributed by atoms with E-state index in [-0.39, 0.29) is 12.7 Å². The predicted octanol–water partition coefficient (Wildman–Crippen LogP) is 4.75. The smallest absolute Gasteiger partial charge is 0.410 e. The Balaban J connectivity index is 1.56. The molecule has 3 aromatic carbocycles. The highest BCUT2D eigenvalue weighted by atomic mass is 16.6. The molecule has 0 N–H and O–H groups in total. The molecule has 0 radical (unpaired) electrons. The molecule has 0 spiro atoms. The summed E-state index contributed by atoms with van der Waals surface area (Å²) in [7, 11) is 0. The molecule has 0 saturated carbocycles. The summed E-state index contributed by atoms with van der Waals surface area (Å²) >= 11 is 0. The van der Waals surface area contributed by atoms with Crippen molar-refractivity contribution in [3.63, 3.8) is 0 Å². The van der Waals surface area contributed by atoms with E-state index in [2.05, 4.69) is 18.2 Å². The minimum absolute atomic E-state index is 0.258. The number of amides is 1. The summed E-state index contributed by atoms with van der Waals surface area (Å²) in [5.74, 6) is 0. The van der Waals surface area contributed by atoms with Crippen LogP contribution in [0, 0.1) is 0 Å². The van der Waals surface area contributed by atoms with Gasteiger partial charge in [0.25, 0.3) is 0 Å². The predicted molar refractivity (Wildman–Crippen MR) is 108 cm³/mol. The van der Waals surface area contributed by atoms with Crippen LogP contribution in [0.25, 0.3) is 11.1 Å². The Hall–Kier alpha value is -3.40. The molecule has 0 aromatic heterocycles. The molecule has 0 saturated heterocycles. The van der Waals surface area contributed by atoms with Gasteiger partial charge in [-0.25, -0.2) is 4.79 Å². The molecular weight excluding hydrogens is 350 g/mol. The minimum Gasteiger partial charge on any atom is -0.445 e. The summed E-state index contributed by atoms with van der Waals surface area (Å²) in [5.41, 5.74) is 6.30. The Labute approximate surface area is 164 Å². The highest BCUT2D eigenvalue weighted by molar-refractivity contribution is 5.75. The summed E-state index contributed by atoms with van der Waals surface area (Å²) in [6.45, 7) is 1.26. The van der Waals surface area contributed by atoms with Crippen LogP contribution in [0.2, 0.25) is 0 Å². The molecule has 0 aliphatic carbocycles. The summed E-state index contributed by atoms with van der Waals surface area (Å²) in [6.07, 6.45) is 0.958. The van der Waals surface area contributed by atoms with E-state index in [9.17, 15) is 9.59 Å². The first kappa shape index (κ1) is 18.0. The van der Waals surface area contributed by atoms with Gasteiger partial charge in [0, 0.05) is 13.0 Å². The second-order valence-corrected chi connectivity index (χ2v) is 6.91. The van der Waals surface area contributed by atoms with Crippen molar-refractivity contribution in [2.75, 3.05) is 0 Å². The largest absolute Gasteiger partial charge is 0.445 e. The Morgan fingerprint density at radius 1 is 0.929 bits per heavy atom. The molecule has 1 aliphatic heterocycles. The number of hydrogen-bond donors (Lipinski definition) is 0. The summed E-state index contributed by atoms with van der Waals surface area (Å²) in [4.78, 5) is 25.3. The maximum absolute atomic E-state index is 12.6. The van der Waals surface area contributed by atoms with Gasteiger partial charge in [-0.05, 0) is 33.4 Å². The Kier molecular flexibility index (Phi) is 5.20. The molecule has 4 heteroatoms. The molecule has 4 rings (SSSR count). The Morgan fingerprint density at radius 3 is 2.36 bits per heavy atom. The summed E-state index contributed by atoms with van der Waals surface area (Å²) in [6, 6.07) is 23.8. The van der Waals surface area contributed by atoms with Crippen molar-refractivity contribution in [1.82, 2.24) is 4.90 Å². The van der Waals surface area contributed by atoms with E-state index in [4.69, 9.17) is 4.74 Å². The van der Waals surface area contributed by atoms with Crippen molar-refractivity contribution in [3.8, 4) is 11.1 Å².